The van der Waals surface area contributed by atoms with Gasteiger partial charge in [0, 0.05) is 24.6 Å². The lowest BCUT2D eigenvalue weighted by Crippen LogP contribution is -2.37. The van der Waals surface area contributed by atoms with E-state index in [0.29, 0.717) is 18.7 Å². The van der Waals surface area contributed by atoms with Gasteiger partial charge in [0.15, 0.2) is 0 Å². The highest BCUT2D eigenvalue weighted by Crippen LogP contribution is 2.08. The highest BCUT2D eigenvalue weighted by Gasteiger charge is 2.12. The van der Waals surface area contributed by atoms with Gasteiger partial charge in [-0.15, -0.1) is 0 Å². The first-order valence-corrected chi connectivity index (χ1v) is 8.45. The largest absolute Gasteiger partial charge is 0.494 e. The molecule has 0 saturated heterocycles. The van der Waals surface area contributed by atoms with Crippen LogP contribution in [0.3, 0.4) is 0 Å². The zero-order chi connectivity index (χ0) is 17.9. The summed E-state index contributed by atoms with van der Waals surface area (Å²) < 4.78 is 5.56. The summed E-state index contributed by atoms with van der Waals surface area (Å²) in [6.07, 6.45) is 0.976. The van der Waals surface area contributed by atoms with Crippen LogP contribution in [0.4, 0.5) is 0 Å². The second kappa shape index (κ2) is 10.1. The van der Waals surface area contributed by atoms with Crippen molar-refractivity contribution in [2.24, 2.45) is 0 Å². The van der Waals surface area contributed by atoms with Crippen LogP contribution in [0.2, 0.25) is 0 Å². The maximum atomic E-state index is 12.0. The molecule has 2 aromatic rings. The zero-order valence-electron chi connectivity index (χ0n) is 14.4. The number of carbonyl (C=O) groups is 2. The fourth-order valence-electron chi connectivity index (χ4n) is 2.30. The molecule has 5 heteroatoms. The summed E-state index contributed by atoms with van der Waals surface area (Å²) >= 11 is 0. The van der Waals surface area contributed by atoms with E-state index in [2.05, 4.69) is 10.6 Å². The van der Waals surface area contributed by atoms with Gasteiger partial charge in [0.25, 0.3) is 5.91 Å². The van der Waals surface area contributed by atoms with Crippen molar-refractivity contribution in [3.05, 3.63) is 66.2 Å². The number of para-hydroxylation sites is 1. The fourth-order valence-corrected chi connectivity index (χ4v) is 2.30. The lowest BCUT2D eigenvalue weighted by atomic mass is 10.1. The molecule has 2 N–H and O–H groups in total. The Kier molecular flexibility index (Phi) is 7.50. The summed E-state index contributed by atoms with van der Waals surface area (Å²) in [6.45, 7) is 2.91. The van der Waals surface area contributed by atoms with Crippen molar-refractivity contribution in [2.45, 2.75) is 25.8 Å². The van der Waals surface area contributed by atoms with Crippen molar-refractivity contribution in [1.82, 2.24) is 10.6 Å². The molecule has 2 rings (SSSR count). The van der Waals surface area contributed by atoms with Crippen LogP contribution in [0.1, 0.15) is 30.1 Å². The Hall–Kier alpha value is -2.82. The molecule has 0 aromatic heterocycles. The van der Waals surface area contributed by atoms with Crippen molar-refractivity contribution in [3.8, 4) is 5.75 Å². The van der Waals surface area contributed by atoms with Crippen LogP contribution in [-0.2, 0) is 4.79 Å². The van der Waals surface area contributed by atoms with Gasteiger partial charge in [0.1, 0.15) is 5.75 Å². The Bertz CT molecular complexity index is 659. The summed E-state index contributed by atoms with van der Waals surface area (Å²) in [5, 5.41) is 5.67. The third kappa shape index (κ3) is 7.08. The second-order valence-electron chi connectivity index (χ2n) is 5.81. The molecule has 0 fully saturated rings. The predicted octanol–water partition coefficient (Wildman–Crippen LogP) is 2.78. The van der Waals surface area contributed by atoms with Gasteiger partial charge < -0.3 is 15.4 Å². The summed E-state index contributed by atoms with van der Waals surface area (Å²) in [6, 6.07) is 18.3. The van der Waals surface area contributed by atoms with Crippen LogP contribution < -0.4 is 15.4 Å². The first-order valence-electron chi connectivity index (χ1n) is 8.45. The summed E-state index contributed by atoms with van der Waals surface area (Å²) in [4.78, 5) is 23.9. The van der Waals surface area contributed by atoms with E-state index in [-0.39, 0.29) is 24.3 Å². The first kappa shape index (κ1) is 18.5. The van der Waals surface area contributed by atoms with Crippen LogP contribution in [0.5, 0.6) is 5.75 Å². The van der Waals surface area contributed by atoms with Crippen molar-refractivity contribution in [1.29, 1.82) is 0 Å². The lowest BCUT2D eigenvalue weighted by molar-refractivity contribution is -0.121. The molecule has 0 aliphatic rings. The number of hydrogen-bond acceptors (Lipinski definition) is 3. The second-order valence-corrected chi connectivity index (χ2v) is 5.81. The Morgan fingerprint density at radius 2 is 1.64 bits per heavy atom. The number of amides is 2. The zero-order valence-corrected chi connectivity index (χ0v) is 14.4. The number of hydrogen-bond donors (Lipinski definition) is 2. The van der Waals surface area contributed by atoms with E-state index in [9.17, 15) is 9.59 Å². The van der Waals surface area contributed by atoms with E-state index < -0.39 is 0 Å². The van der Waals surface area contributed by atoms with Gasteiger partial charge in [-0.2, -0.15) is 0 Å². The summed E-state index contributed by atoms with van der Waals surface area (Å²) in [5.74, 6) is 0.573. The van der Waals surface area contributed by atoms with Gasteiger partial charge >= 0.3 is 0 Å². The molecule has 0 radical (unpaired) electrons. The molecule has 132 valence electrons. The molecule has 0 spiro atoms. The number of rotatable bonds is 9. The topological polar surface area (TPSA) is 67.4 Å². The van der Waals surface area contributed by atoms with Gasteiger partial charge in [0.2, 0.25) is 5.91 Å². The first-order chi connectivity index (χ1) is 12.1. The van der Waals surface area contributed by atoms with E-state index in [0.717, 1.165) is 12.2 Å². The molecule has 0 bridgehead atoms. The predicted molar refractivity (Wildman–Crippen MR) is 97.6 cm³/mol. The highest BCUT2D eigenvalue weighted by molar-refractivity contribution is 5.94. The van der Waals surface area contributed by atoms with E-state index in [1.807, 2.05) is 55.5 Å². The Balaban J connectivity index is 1.59. The Labute approximate surface area is 148 Å². The van der Waals surface area contributed by atoms with Gasteiger partial charge in [-0.05, 0) is 37.6 Å². The molecule has 2 aromatic carbocycles. The fraction of sp³-hybridized carbons (Fsp3) is 0.300. The molecule has 0 saturated carbocycles. The monoisotopic (exact) mass is 340 g/mol. The normalized spacial score (nSPS) is 11.4. The Morgan fingerprint density at radius 3 is 2.32 bits per heavy atom. The quantitative estimate of drug-likeness (QED) is 0.690. The third-order valence-electron chi connectivity index (χ3n) is 3.56. The molecular weight excluding hydrogens is 316 g/mol. The minimum absolute atomic E-state index is 0.0828. The average molecular weight is 340 g/mol. The summed E-state index contributed by atoms with van der Waals surface area (Å²) in [5.41, 5.74) is 0.591. The lowest BCUT2D eigenvalue weighted by Gasteiger charge is -2.14. The highest BCUT2D eigenvalue weighted by atomic mass is 16.5. The van der Waals surface area contributed by atoms with Crippen LogP contribution >= 0.6 is 0 Å². The van der Waals surface area contributed by atoms with Crippen molar-refractivity contribution < 1.29 is 14.3 Å². The van der Waals surface area contributed by atoms with Gasteiger partial charge in [-0.1, -0.05) is 36.4 Å². The van der Waals surface area contributed by atoms with E-state index in [1.54, 1.807) is 12.1 Å². The van der Waals surface area contributed by atoms with Crippen molar-refractivity contribution in [2.75, 3.05) is 13.2 Å². The maximum Gasteiger partial charge on any atom is 0.251 e. The number of benzene rings is 2. The smallest absolute Gasteiger partial charge is 0.251 e. The Morgan fingerprint density at radius 1 is 1.00 bits per heavy atom. The third-order valence-corrected chi connectivity index (χ3v) is 3.56. The van der Waals surface area contributed by atoms with Crippen LogP contribution in [-0.4, -0.2) is 31.0 Å². The minimum atomic E-state index is -0.228. The van der Waals surface area contributed by atoms with E-state index in [4.69, 9.17) is 4.74 Å². The average Bonchev–Trinajstić information content (AvgIpc) is 2.63. The molecule has 1 atom stereocenters. The van der Waals surface area contributed by atoms with E-state index in [1.165, 1.54) is 0 Å². The molecule has 25 heavy (non-hydrogen) atoms. The van der Waals surface area contributed by atoms with E-state index >= 15 is 0 Å². The number of nitrogens with one attached hydrogen (secondary N) is 2. The van der Waals surface area contributed by atoms with Gasteiger partial charge in [-0.25, -0.2) is 0 Å². The van der Waals surface area contributed by atoms with Crippen LogP contribution in [0, 0.1) is 0 Å². The minimum Gasteiger partial charge on any atom is -0.494 e. The standard InChI is InChI=1S/C20H24N2O3/c1-16(22-20(24)17-9-4-2-5-10-17)15-19(23)21-13-8-14-25-18-11-6-3-7-12-18/h2-7,9-12,16H,8,13-15H2,1H3,(H,21,23)(H,22,24)/t16-/m1/s1. The molecule has 2 amide bonds. The van der Waals surface area contributed by atoms with Crippen LogP contribution in [0.15, 0.2) is 60.7 Å². The SMILES string of the molecule is C[C@H](CC(=O)NCCCOc1ccccc1)NC(=O)c1ccccc1. The van der Waals surface area contributed by atoms with Crippen molar-refractivity contribution in [3.63, 3.8) is 0 Å². The molecule has 0 heterocycles. The maximum absolute atomic E-state index is 12.0. The summed E-state index contributed by atoms with van der Waals surface area (Å²) in [7, 11) is 0. The molecule has 0 aliphatic carbocycles. The number of carbonyl (C=O) groups excluding carboxylic acids is 2. The molecule has 0 aliphatic heterocycles. The van der Waals surface area contributed by atoms with Crippen LogP contribution in [0.25, 0.3) is 0 Å². The molecule has 5 nitrogen and oxygen atoms in total. The van der Waals surface area contributed by atoms with Gasteiger partial charge in [-0.3, -0.25) is 9.59 Å². The van der Waals surface area contributed by atoms with Gasteiger partial charge in [0.05, 0.1) is 6.61 Å². The number of ether oxygens (including phenoxy) is 1. The molecule has 0 unspecified atom stereocenters. The molecular formula is C20H24N2O3. The van der Waals surface area contributed by atoms with Crippen molar-refractivity contribution >= 4 is 11.8 Å².